The summed E-state index contributed by atoms with van der Waals surface area (Å²) < 4.78 is 33.1. The van der Waals surface area contributed by atoms with Gasteiger partial charge in [-0.3, -0.25) is 18.6 Å². The zero-order valence-corrected chi connectivity index (χ0v) is 35.3. The van der Waals surface area contributed by atoms with Crippen molar-refractivity contribution in [1.82, 2.24) is 5.32 Å². The summed E-state index contributed by atoms with van der Waals surface area (Å²) in [6.45, 7) is 4.10. The summed E-state index contributed by atoms with van der Waals surface area (Å²) in [7, 11) is -2.68. The Morgan fingerprint density at radius 3 is 1.57 bits per heavy atom. The number of phosphoric acid groups is 1. The maximum Gasteiger partial charge on any atom is 0.472 e. The third-order valence-electron chi connectivity index (χ3n) is 8.61. The van der Waals surface area contributed by atoms with Crippen LogP contribution in [0.5, 0.6) is 0 Å². The van der Waals surface area contributed by atoms with Crippen molar-refractivity contribution in [1.29, 1.82) is 0 Å². The van der Waals surface area contributed by atoms with Gasteiger partial charge in [0.25, 0.3) is 0 Å². The highest BCUT2D eigenvalue weighted by Crippen LogP contribution is 2.43. The Morgan fingerprint density at radius 1 is 0.574 bits per heavy atom. The molecule has 0 aliphatic rings. The summed E-state index contributed by atoms with van der Waals surface area (Å²) in [5.41, 5.74) is 0. The first-order valence-electron chi connectivity index (χ1n) is 21.2. The van der Waals surface area contributed by atoms with Gasteiger partial charge in [-0.25, -0.2) is 4.57 Å². The van der Waals surface area contributed by atoms with Crippen molar-refractivity contribution in [3.05, 3.63) is 60.8 Å². The van der Waals surface area contributed by atoms with Gasteiger partial charge in [-0.15, -0.1) is 0 Å². The van der Waals surface area contributed by atoms with Crippen LogP contribution < -0.4 is 5.32 Å². The standard InChI is InChI=1S/C44H78NO8P/c1-4-6-8-10-12-14-16-18-20-21-23-25-27-29-31-33-35-37-44(47)53-42(41-52-54(48,49)51-39-38-45-3)40-50-43(46)36-34-32-30-28-26-24-22-19-17-15-13-11-9-7-5-2/h13,15,18-20,22-23,25,29,31,42,45H,4-12,14,16-17,21,24,26-28,30,32-41H2,1-3H3,(H,48,49)/b15-13-,20-18-,22-19-,25-23-,31-29-. The van der Waals surface area contributed by atoms with Gasteiger partial charge in [-0.1, -0.05) is 139 Å². The number of likely N-dealkylation sites (N-methyl/N-ethyl adjacent to an activating group) is 1. The third-order valence-corrected chi connectivity index (χ3v) is 9.59. The molecule has 0 aromatic rings. The molecular weight excluding hydrogens is 701 g/mol. The van der Waals surface area contributed by atoms with E-state index in [0.717, 1.165) is 64.2 Å². The smallest absolute Gasteiger partial charge is 0.462 e. The number of unbranched alkanes of at least 4 members (excludes halogenated alkanes) is 15. The van der Waals surface area contributed by atoms with Gasteiger partial charge in [-0.05, 0) is 84.1 Å². The molecule has 312 valence electrons. The number of hydrogen-bond donors (Lipinski definition) is 2. The van der Waals surface area contributed by atoms with E-state index >= 15 is 0 Å². The topological polar surface area (TPSA) is 120 Å². The van der Waals surface area contributed by atoms with Gasteiger partial charge in [0, 0.05) is 19.4 Å². The van der Waals surface area contributed by atoms with Crippen LogP contribution in [0.15, 0.2) is 60.8 Å². The molecule has 0 aliphatic heterocycles. The highest BCUT2D eigenvalue weighted by atomic mass is 31.2. The maximum atomic E-state index is 12.6. The van der Waals surface area contributed by atoms with Gasteiger partial charge in [-0.2, -0.15) is 0 Å². The van der Waals surface area contributed by atoms with E-state index in [2.05, 4.69) is 73.8 Å². The molecule has 9 nitrogen and oxygen atoms in total. The van der Waals surface area contributed by atoms with E-state index in [1.54, 1.807) is 7.05 Å². The fourth-order valence-corrected chi connectivity index (χ4v) is 6.11. The Bertz CT molecular complexity index is 1070. The highest BCUT2D eigenvalue weighted by Gasteiger charge is 2.26. The normalized spacial score (nSPS) is 13.9. The second-order valence-corrected chi connectivity index (χ2v) is 15.3. The number of rotatable bonds is 39. The molecule has 0 fully saturated rings. The molecule has 0 amide bonds. The number of nitrogens with one attached hydrogen (secondary N) is 1. The summed E-state index contributed by atoms with van der Waals surface area (Å²) >= 11 is 0. The van der Waals surface area contributed by atoms with Crippen LogP contribution in [0.2, 0.25) is 0 Å². The molecule has 54 heavy (non-hydrogen) atoms. The van der Waals surface area contributed by atoms with E-state index in [4.69, 9.17) is 18.5 Å². The van der Waals surface area contributed by atoms with Gasteiger partial charge in [0.15, 0.2) is 6.10 Å². The van der Waals surface area contributed by atoms with E-state index in [9.17, 15) is 19.0 Å². The average molecular weight is 780 g/mol. The molecule has 0 aliphatic carbocycles. The number of ether oxygens (including phenoxy) is 2. The molecule has 0 saturated carbocycles. The maximum absolute atomic E-state index is 12.6. The third kappa shape index (κ3) is 39.4. The molecule has 2 N–H and O–H groups in total. The van der Waals surface area contributed by atoms with E-state index in [-0.39, 0.29) is 26.1 Å². The quantitative estimate of drug-likeness (QED) is 0.0272. The van der Waals surface area contributed by atoms with Crippen molar-refractivity contribution >= 4 is 19.8 Å². The Labute approximate surface area is 330 Å². The lowest BCUT2D eigenvalue weighted by Gasteiger charge is -2.20. The summed E-state index contributed by atoms with van der Waals surface area (Å²) in [5.74, 6) is -0.888. The molecule has 10 heteroatoms. The van der Waals surface area contributed by atoms with Crippen molar-refractivity contribution in [2.75, 3.05) is 33.4 Å². The molecule has 0 spiro atoms. The lowest BCUT2D eigenvalue weighted by Crippen LogP contribution is -2.29. The lowest BCUT2D eigenvalue weighted by atomic mass is 10.1. The van der Waals surface area contributed by atoms with E-state index in [1.807, 2.05) is 6.08 Å². The predicted molar refractivity (Wildman–Crippen MR) is 224 cm³/mol. The number of carbonyl (C=O) groups is 2. The second-order valence-electron chi connectivity index (χ2n) is 13.8. The van der Waals surface area contributed by atoms with Crippen LogP contribution in [0.4, 0.5) is 0 Å². The number of hydrogen-bond acceptors (Lipinski definition) is 8. The molecule has 2 unspecified atom stereocenters. The van der Waals surface area contributed by atoms with Gasteiger partial charge < -0.3 is 19.7 Å². The second kappa shape index (κ2) is 40.4. The Kier molecular flexibility index (Phi) is 38.7. The minimum Gasteiger partial charge on any atom is -0.462 e. The first-order valence-corrected chi connectivity index (χ1v) is 22.7. The summed E-state index contributed by atoms with van der Waals surface area (Å²) in [6, 6.07) is 0. The number of carbonyl (C=O) groups excluding carboxylic acids is 2. The fraction of sp³-hybridized carbons (Fsp3) is 0.727. The van der Waals surface area contributed by atoms with Gasteiger partial charge in [0.05, 0.1) is 13.2 Å². The monoisotopic (exact) mass is 780 g/mol. The average Bonchev–Trinajstić information content (AvgIpc) is 3.15. The van der Waals surface area contributed by atoms with Crippen LogP contribution in [0, 0.1) is 0 Å². The minimum atomic E-state index is -4.37. The first kappa shape index (κ1) is 51.7. The molecule has 0 aromatic heterocycles. The number of allylic oxidation sites excluding steroid dienone is 10. The molecule has 0 saturated heterocycles. The summed E-state index contributed by atoms with van der Waals surface area (Å²) in [4.78, 5) is 35.0. The molecule has 0 heterocycles. The highest BCUT2D eigenvalue weighted by molar-refractivity contribution is 7.47. The fourth-order valence-electron chi connectivity index (χ4n) is 5.36. The van der Waals surface area contributed by atoms with Crippen molar-refractivity contribution < 1.29 is 37.6 Å². The van der Waals surface area contributed by atoms with Crippen molar-refractivity contribution in [3.8, 4) is 0 Å². The molecule has 0 radical (unpaired) electrons. The SMILES string of the molecule is CCCCC/C=C\C/C=C\CCCCCCCC(=O)OCC(COP(=O)(O)OCCNC)OC(=O)CCC/C=C\C/C=C\C/C=C\CCCCCCCC. The van der Waals surface area contributed by atoms with Crippen LogP contribution in [-0.4, -0.2) is 56.3 Å². The summed E-state index contributed by atoms with van der Waals surface area (Å²) in [6.07, 6.45) is 45.6. The first-order chi connectivity index (χ1) is 26.3. The Morgan fingerprint density at radius 2 is 1.02 bits per heavy atom. The molecule has 0 aromatic carbocycles. The van der Waals surface area contributed by atoms with Crippen LogP contribution >= 0.6 is 7.82 Å². The van der Waals surface area contributed by atoms with Crippen LogP contribution in [-0.2, 0) is 32.7 Å². The Balaban J connectivity index is 4.36. The van der Waals surface area contributed by atoms with E-state index < -0.39 is 32.5 Å². The number of esters is 2. The predicted octanol–water partition coefficient (Wildman–Crippen LogP) is 12.0. The number of phosphoric ester groups is 1. The van der Waals surface area contributed by atoms with E-state index in [0.29, 0.717) is 19.4 Å². The molecule has 0 rings (SSSR count). The van der Waals surface area contributed by atoms with Crippen LogP contribution in [0.1, 0.15) is 168 Å². The molecular formula is C44H78NO8P. The summed E-state index contributed by atoms with van der Waals surface area (Å²) in [5, 5.41) is 2.81. The van der Waals surface area contributed by atoms with Crippen molar-refractivity contribution in [2.24, 2.45) is 0 Å². The zero-order valence-electron chi connectivity index (χ0n) is 34.4. The Hall–Kier alpha value is -2.29. The molecule has 2 atom stereocenters. The van der Waals surface area contributed by atoms with Crippen LogP contribution in [0.3, 0.4) is 0 Å². The van der Waals surface area contributed by atoms with Gasteiger partial charge in [0.2, 0.25) is 0 Å². The molecule has 0 bridgehead atoms. The van der Waals surface area contributed by atoms with E-state index in [1.165, 1.54) is 64.2 Å². The zero-order chi connectivity index (χ0) is 39.6. The van der Waals surface area contributed by atoms with Crippen molar-refractivity contribution in [2.45, 2.75) is 174 Å². The largest absolute Gasteiger partial charge is 0.472 e. The van der Waals surface area contributed by atoms with Gasteiger partial charge in [0.1, 0.15) is 6.61 Å². The lowest BCUT2D eigenvalue weighted by molar-refractivity contribution is -0.161. The minimum absolute atomic E-state index is 0.0308. The van der Waals surface area contributed by atoms with Gasteiger partial charge >= 0.3 is 19.8 Å². The van der Waals surface area contributed by atoms with Crippen LogP contribution in [0.25, 0.3) is 0 Å². The van der Waals surface area contributed by atoms with Crippen molar-refractivity contribution in [3.63, 3.8) is 0 Å².